The summed E-state index contributed by atoms with van der Waals surface area (Å²) in [6, 6.07) is 2.14. The largest absolute Gasteiger partial charge is 0.472 e. The van der Waals surface area contributed by atoms with Crippen LogP contribution in [0.5, 0.6) is 5.88 Å². The molecule has 1 aromatic heterocycles. The van der Waals surface area contributed by atoms with Gasteiger partial charge in [0.2, 0.25) is 5.88 Å². The van der Waals surface area contributed by atoms with Crippen LogP contribution >= 0.6 is 0 Å². The predicted molar refractivity (Wildman–Crippen MR) is 55.8 cm³/mol. The lowest BCUT2D eigenvalue weighted by Gasteiger charge is -2.14. The van der Waals surface area contributed by atoms with Gasteiger partial charge in [0.1, 0.15) is 6.10 Å². The molecule has 0 saturated heterocycles. The summed E-state index contributed by atoms with van der Waals surface area (Å²) in [4.78, 5) is 3.60. The van der Waals surface area contributed by atoms with Crippen molar-refractivity contribution in [3.05, 3.63) is 23.9 Å². The van der Waals surface area contributed by atoms with E-state index in [4.69, 9.17) is 9.47 Å². The molecule has 17 heavy (non-hydrogen) atoms. The highest BCUT2D eigenvalue weighted by Gasteiger charge is 2.30. The molecule has 1 aromatic rings. The first-order valence-electron chi connectivity index (χ1n) is 5.21. The van der Waals surface area contributed by atoms with E-state index in [1.807, 2.05) is 6.92 Å². The van der Waals surface area contributed by atoms with Crippen LogP contribution in [0, 0.1) is 0 Å². The van der Waals surface area contributed by atoms with E-state index in [0.29, 0.717) is 13.2 Å². The number of halogens is 3. The maximum atomic E-state index is 12.2. The average molecular weight is 249 g/mol. The Hall–Kier alpha value is -1.30. The molecule has 0 radical (unpaired) electrons. The standard InChI is InChI=1S/C11H14F3NO2/c1-3-16-7-8(2)17-10-5-4-9(6-15-10)11(12,13)14/h4-6,8H,3,7H2,1-2H3. The van der Waals surface area contributed by atoms with Crippen LogP contribution in [0.1, 0.15) is 19.4 Å². The van der Waals surface area contributed by atoms with Gasteiger partial charge in [-0.3, -0.25) is 0 Å². The smallest absolute Gasteiger partial charge is 0.417 e. The number of ether oxygens (including phenoxy) is 2. The molecule has 0 fully saturated rings. The second kappa shape index (κ2) is 5.86. The van der Waals surface area contributed by atoms with Crippen LogP contribution in [-0.2, 0) is 10.9 Å². The first-order chi connectivity index (χ1) is 7.93. The fraction of sp³-hybridized carbons (Fsp3) is 0.545. The summed E-state index contributed by atoms with van der Waals surface area (Å²) in [5, 5.41) is 0. The van der Waals surface area contributed by atoms with Gasteiger partial charge in [0.05, 0.1) is 12.2 Å². The zero-order chi connectivity index (χ0) is 12.9. The lowest BCUT2D eigenvalue weighted by atomic mass is 10.3. The predicted octanol–water partition coefficient (Wildman–Crippen LogP) is 2.90. The van der Waals surface area contributed by atoms with Gasteiger partial charge in [0.15, 0.2) is 0 Å². The Morgan fingerprint density at radius 1 is 1.35 bits per heavy atom. The molecule has 1 heterocycles. The molecule has 0 aliphatic carbocycles. The van der Waals surface area contributed by atoms with E-state index in [1.165, 1.54) is 6.07 Å². The number of rotatable bonds is 5. The summed E-state index contributed by atoms with van der Waals surface area (Å²) in [6.07, 6.45) is -3.87. The van der Waals surface area contributed by atoms with Gasteiger partial charge in [0, 0.05) is 18.9 Å². The van der Waals surface area contributed by atoms with Crippen LogP contribution in [0.4, 0.5) is 13.2 Å². The van der Waals surface area contributed by atoms with Crippen molar-refractivity contribution in [1.82, 2.24) is 4.98 Å². The molecule has 0 N–H and O–H groups in total. The Labute approximate surface area is 97.6 Å². The molecule has 3 nitrogen and oxygen atoms in total. The third kappa shape index (κ3) is 4.60. The Kier molecular flexibility index (Phi) is 4.74. The second-order valence-electron chi connectivity index (χ2n) is 3.47. The van der Waals surface area contributed by atoms with Crippen molar-refractivity contribution in [1.29, 1.82) is 0 Å². The molecule has 0 aliphatic rings. The Balaban J connectivity index is 2.56. The number of aromatic nitrogens is 1. The van der Waals surface area contributed by atoms with E-state index in [1.54, 1.807) is 6.92 Å². The fourth-order valence-corrected chi connectivity index (χ4v) is 1.14. The Morgan fingerprint density at radius 2 is 2.06 bits per heavy atom. The van der Waals surface area contributed by atoms with Gasteiger partial charge in [-0.25, -0.2) is 4.98 Å². The quantitative estimate of drug-likeness (QED) is 0.804. The topological polar surface area (TPSA) is 31.4 Å². The molecule has 0 spiro atoms. The summed E-state index contributed by atoms with van der Waals surface area (Å²) in [5.74, 6) is 0.158. The van der Waals surface area contributed by atoms with E-state index in [0.717, 1.165) is 12.3 Å². The summed E-state index contributed by atoms with van der Waals surface area (Å²) in [7, 11) is 0. The van der Waals surface area contributed by atoms with E-state index < -0.39 is 11.7 Å². The van der Waals surface area contributed by atoms with Crippen molar-refractivity contribution in [2.24, 2.45) is 0 Å². The minimum absolute atomic E-state index is 0.158. The lowest BCUT2D eigenvalue weighted by Crippen LogP contribution is -2.19. The maximum Gasteiger partial charge on any atom is 0.417 e. The van der Waals surface area contributed by atoms with E-state index in [2.05, 4.69) is 4.98 Å². The molecule has 0 saturated carbocycles. The summed E-state index contributed by atoms with van der Waals surface area (Å²) in [5.41, 5.74) is -0.790. The van der Waals surface area contributed by atoms with Crippen LogP contribution in [0.2, 0.25) is 0 Å². The number of pyridine rings is 1. The maximum absolute atomic E-state index is 12.2. The van der Waals surface area contributed by atoms with E-state index in [9.17, 15) is 13.2 Å². The molecule has 96 valence electrons. The molecular weight excluding hydrogens is 235 g/mol. The Morgan fingerprint density at radius 3 is 2.53 bits per heavy atom. The van der Waals surface area contributed by atoms with Gasteiger partial charge in [-0.15, -0.1) is 0 Å². The molecule has 1 unspecified atom stereocenters. The number of hydrogen-bond acceptors (Lipinski definition) is 3. The van der Waals surface area contributed by atoms with Crippen LogP contribution in [0.3, 0.4) is 0 Å². The van der Waals surface area contributed by atoms with E-state index in [-0.39, 0.29) is 12.0 Å². The monoisotopic (exact) mass is 249 g/mol. The highest BCUT2D eigenvalue weighted by Crippen LogP contribution is 2.29. The summed E-state index contributed by atoms with van der Waals surface area (Å²) in [6.45, 7) is 4.55. The fourth-order valence-electron chi connectivity index (χ4n) is 1.14. The van der Waals surface area contributed by atoms with Gasteiger partial charge < -0.3 is 9.47 Å². The second-order valence-corrected chi connectivity index (χ2v) is 3.47. The molecule has 6 heteroatoms. The summed E-state index contributed by atoms with van der Waals surface area (Å²) < 4.78 is 47.1. The molecule has 0 amide bonds. The van der Waals surface area contributed by atoms with Gasteiger partial charge in [-0.1, -0.05) is 0 Å². The highest BCUT2D eigenvalue weighted by atomic mass is 19.4. The minimum Gasteiger partial charge on any atom is -0.472 e. The number of hydrogen-bond donors (Lipinski definition) is 0. The van der Waals surface area contributed by atoms with E-state index >= 15 is 0 Å². The SMILES string of the molecule is CCOCC(C)Oc1ccc(C(F)(F)F)cn1. The number of nitrogens with zero attached hydrogens (tertiary/aromatic N) is 1. The van der Waals surface area contributed by atoms with Crippen molar-refractivity contribution >= 4 is 0 Å². The number of alkyl halides is 3. The molecule has 0 aromatic carbocycles. The molecule has 1 rings (SSSR count). The van der Waals surface area contributed by atoms with Crippen LogP contribution in [-0.4, -0.2) is 24.3 Å². The van der Waals surface area contributed by atoms with Crippen molar-refractivity contribution in [3.63, 3.8) is 0 Å². The van der Waals surface area contributed by atoms with Crippen molar-refractivity contribution < 1.29 is 22.6 Å². The minimum atomic E-state index is -4.37. The van der Waals surface area contributed by atoms with Gasteiger partial charge in [0.25, 0.3) is 0 Å². The van der Waals surface area contributed by atoms with Crippen molar-refractivity contribution in [2.45, 2.75) is 26.1 Å². The summed E-state index contributed by atoms with van der Waals surface area (Å²) >= 11 is 0. The highest BCUT2D eigenvalue weighted by molar-refractivity contribution is 5.20. The average Bonchev–Trinajstić information content (AvgIpc) is 2.26. The first kappa shape index (κ1) is 13.8. The molecule has 0 aliphatic heterocycles. The van der Waals surface area contributed by atoms with Crippen LogP contribution < -0.4 is 4.74 Å². The zero-order valence-corrected chi connectivity index (χ0v) is 9.62. The van der Waals surface area contributed by atoms with Crippen LogP contribution in [0.25, 0.3) is 0 Å². The first-order valence-corrected chi connectivity index (χ1v) is 5.21. The normalized spacial score (nSPS) is 13.5. The van der Waals surface area contributed by atoms with Crippen molar-refractivity contribution in [3.8, 4) is 5.88 Å². The third-order valence-corrected chi connectivity index (χ3v) is 1.94. The van der Waals surface area contributed by atoms with Gasteiger partial charge in [-0.2, -0.15) is 13.2 Å². The van der Waals surface area contributed by atoms with Gasteiger partial charge in [-0.05, 0) is 19.9 Å². The van der Waals surface area contributed by atoms with Crippen LogP contribution in [0.15, 0.2) is 18.3 Å². The molecular formula is C11H14F3NO2. The lowest BCUT2D eigenvalue weighted by molar-refractivity contribution is -0.137. The molecule has 1 atom stereocenters. The Bertz CT molecular complexity index is 338. The molecule has 0 bridgehead atoms. The van der Waals surface area contributed by atoms with Gasteiger partial charge >= 0.3 is 6.18 Å². The zero-order valence-electron chi connectivity index (χ0n) is 9.62. The van der Waals surface area contributed by atoms with Crippen molar-refractivity contribution in [2.75, 3.05) is 13.2 Å². The third-order valence-electron chi connectivity index (χ3n) is 1.94.